The van der Waals surface area contributed by atoms with E-state index in [-0.39, 0.29) is 5.92 Å². The lowest BCUT2D eigenvalue weighted by Gasteiger charge is -2.19. The molecule has 0 aliphatic rings. The molecule has 0 amide bonds. The lowest BCUT2D eigenvalue weighted by atomic mass is 10.0. The Bertz CT molecular complexity index is 1390. The summed E-state index contributed by atoms with van der Waals surface area (Å²) in [7, 11) is 4.98. The van der Waals surface area contributed by atoms with Gasteiger partial charge in [-0.05, 0) is 53.8 Å². The van der Waals surface area contributed by atoms with Gasteiger partial charge in [-0.3, -0.25) is 0 Å². The van der Waals surface area contributed by atoms with Gasteiger partial charge >= 0.3 is 0 Å². The van der Waals surface area contributed by atoms with Crippen molar-refractivity contribution < 1.29 is 14.2 Å². The molecule has 0 saturated carbocycles. The fraction of sp³-hybridized carbons (Fsp3) is 0.323. The molecule has 4 aromatic rings. The van der Waals surface area contributed by atoms with E-state index in [9.17, 15) is 0 Å². The minimum atomic E-state index is 0.185. The molecule has 2 aromatic heterocycles. The van der Waals surface area contributed by atoms with Crippen molar-refractivity contribution in [2.24, 2.45) is 0 Å². The fourth-order valence-electron chi connectivity index (χ4n) is 4.21. The van der Waals surface area contributed by atoms with E-state index in [0.717, 1.165) is 51.7 Å². The molecule has 9 nitrogen and oxygen atoms in total. The lowest BCUT2D eigenvalue weighted by molar-refractivity contribution is 0.391. The monoisotopic (exact) mass is 542 g/mol. The maximum absolute atomic E-state index is 5.55. The number of nitrogens with one attached hydrogen (secondary N) is 3. The van der Waals surface area contributed by atoms with Crippen molar-refractivity contribution in [2.75, 3.05) is 37.3 Å². The van der Waals surface area contributed by atoms with Gasteiger partial charge in [0, 0.05) is 18.7 Å². The average molecular weight is 543 g/mol. The SMILES string of the molecule is CCc1cc(Nc2cnc(NCc3ccc(OC)cc3)nc2NCc2ccc(OC)cc2)c(C(C)C)nc1OC. The van der Waals surface area contributed by atoms with Gasteiger partial charge in [0.15, 0.2) is 5.82 Å². The molecule has 2 heterocycles. The van der Waals surface area contributed by atoms with E-state index in [1.807, 2.05) is 48.5 Å². The van der Waals surface area contributed by atoms with Crippen molar-refractivity contribution in [3.8, 4) is 17.4 Å². The first-order valence-electron chi connectivity index (χ1n) is 13.4. The van der Waals surface area contributed by atoms with Crippen LogP contribution in [0.1, 0.15) is 49.1 Å². The van der Waals surface area contributed by atoms with E-state index in [2.05, 4.69) is 47.8 Å². The molecule has 0 fully saturated rings. The normalized spacial score (nSPS) is 10.8. The third-order valence-corrected chi connectivity index (χ3v) is 6.50. The van der Waals surface area contributed by atoms with E-state index in [0.29, 0.717) is 30.7 Å². The number of pyridine rings is 1. The zero-order valence-electron chi connectivity index (χ0n) is 24.0. The van der Waals surface area contributed by atoms with Crippen LogP contribution in [0.3, 0.4) is 0 Å². The molecule has 0 radical (unpaired) electrons. The number of rotatable bonds is 13. The van der Waals surface area contributed by atoms with Crippen LogP contribution in [0.15, 0.2) is 60.8 Å². The van der Waals surface area contributed by atoms with Crippen molar-refractivity contribution in [1.82, 2.24) is 15.0 Å². The second kappa shape index (κ2) is 13.5. The van der Waals surface area contributed by atoms with E-state index >= 15 is 0 Å². The third-order valence-electron chi connectivity index (χ3n) is 6.50. The molecule has 210 valence electrons. The Morgan fingerprint density at radius 3 is 1.88 bits per heavy atom. The second-order valence-corrected chi connectivity index (χ2v) is 9.58. The number of aromatic nitrogens is 3. The minimum Gasteiger partial charge on any atom is -0.497 e. The number of nitrogens with zero attached hydrogens (tertiary/aromatic N) is 3. The van der Waals surface area contributed by atoms with E-state index in [1.54, 1.807) is 27.5 Å². The Hall–Kier alpha value is -4.53. The van der Waals surface area contributed by atoms with Gasteiger partial charge in [0.1, 0.15) is 17.2 Å². The highest BCUT2D eigenvalue weighted by Gasteiger charge is 2.17. The Labute approximate surface area is 236 Å². The van der Waals surface area contributed by atoms with Crippen LogP contribution in [0.25, 0.3) is 0 Å². The quantitative estimate of drug-likeness (QED) is 0.173. The van der Waals surface area contributed by atoms with Crippen molar-refractivity contribution >= 4 is 23.1 Å². The number of anilines is 4. The molecule has 0 bridgehead atoms. The van der Waals surface area contributed by atoms with Gasteiger partial charge < -0.3 is 30.2 Å². The molecule has 2 aromatic carbocycles. The number of ether oxygens (including phenoxy) is 3. The summed E-state index contributed by atoms with van der Waals surface area (Å²) in [6.45, 7) is 7.47. The van der Waals surface area contributed by atoms with E-state index in [4.69, 9.17) is 24.2 Å². The van der Waals surface area contributed by atoms with Crippen molar-refractivity contribution in [3.05, 3.63) is 83.2 Å². The Morgan fingerprint density at radius 2 is 1.35 bits per heavy atom. The molecule has 40 heavy (non-hydrogen) atoms. The zero-order chi connectivity index (χ0) is 28.5. The van der Waals surface area contributed by atoms with Crippen LogP contribution in [0.5, 0.6) is 17.4 Å². The highest BCUT2D eigenvalue weighted by molar-refractivity contribution is 5.73. The number of hydrogen-bond acceptors (Lipinski definition) is 9. The van der Waals surface area contributed by atoms with Crippen molar-refractivity contribution in [3.63, 3.8) is 0 Å². The standard InChI is InChI=1S/C31H38N6O3/c1-7-23-16-26(28(20(2)3)36-30(23)40-6)35-27-19-34-31(33-18-22-10-14-25(39-5)15-11-22)37-29(27)32-17-21-8-12-24(38-4)13-9-21/h8-16,19-20,35H,7,17-18H2,1-6H3,(H2,32,33,34,37). The number of aryl methyl sites for hydroxylation is 1. The van der Waals surface area contributed by atoms with E-state index < -0.39 is 0 Å². The Morgan fingerprint density at radius 1 is 0.750 bits per heavy atom. The minimum absolute atomic E-state index is 0.185. The summed E-state index contributed by atoms with van der Waals surface area (Å²) >= 11 is 0. The van der Waals surface area contributed by atoms with Crippen LogP contribution >= 0.6 is 0 Å². The summed E-state index contributed by atoms with van der Waals surface area (Å²) in [5.74, 6) is 3.67. The predicted octanol–water partition coefficient (Wildman–Crippen LogP) is 6.55. The largest absolute Gasteiger partial charge is 0.497 e. The van der Waals surface area contributed by atoms with Crippen molar-refractivity contribution in [2.45, 2.75) is 46.2 Å². The topological polar surface area (TPSA) is 102 Å². The number of hydrogen-bond donors (Lipinski definition) is 3. The summed E-state index contributed by atoms with van der Waals surface area (Å²) in [5.41, 5.74) is 5.79. The first-order chi connectivity index (χ1) is 19.4. The predicted molar refractivity (Wildman–Crippen MR) is 160 cm³/mol. The third kappa shape index (κ3) is 7.11. The molecule has 4 rings (SSSR count). The number of benzene rings is 2. The lowest BCUT2D eigenvalue weighted by Crippen LogP contribution is -2.11. The summed E-state index contributed by atoms with van der Waals surface area (Å²) in [6, 6.07) is 18.0. The molecular weight excluding hydrogens is 504 g/mol. The number of methoxy groups -OCH3 is 3. The Balaban J connectivity index is 1.62. The van der Waals surface area contributed by atoms with Gasteiger partial charge in [0.2, 0.25) is 11.8 Å². The summed E-state index contributed by atoms with van der Waals surface area (Å²) < 4.78 is 16.1. The molecule has 3 N–H and O–H groups in total. The van der Waals surface area contributed by atoms with Gasteiger partial charge in [-0.15, -0.1) is 0 Å². The van der Waals surface area contributed by atoms with Crippen LogP contribution in [-0.4, -0.2) is 36.3 Å². The fourth-order valence-corrected chi connectivity index (χ4v) is 4.21. The molecule has 0 aliphatic carbocycles. The van der Waals surface area contributed by atoms with Crippen molar-refractivity contribution in [1.29, 1.82) is 0 Å². The van der Waals surface area contributed by atoms with Crippen LogP contribution < -0.4 is 30.2 Å². The maximum Gasteiger partial charge on any atom is 0.225 e. The zero-order valence-corrected chi connectivity index (χ0v) is 24.0. The van der Waals surface area contributed by atoms with Gasteiger partial charge in [-0.1, -0.05) is 45.0 Å². The first kappa shape index (κ1) is 28.5. The summed E-state index contributed by atoms with van der Waals surface area (Å²) in [4.78, 5) is 14.2. The van der Waals surface area contributed by atoms with Gasteiger partial charge in [-0.25, -0.2) is 9.97 Å². The maximum atomic E-state index is 5.55. The van der Waals surface area contributed by atoms with E-state index in [1.165, 1.54) is 0 Å². The summed E-state index contributed by atoms with van der Waals surface area (Å²) in [6.07, 6.45) is 2.59. The van der Waals surface area contributed by atoms with Gasteiger partial charge in [0.25, 0.3) is 0 Å². The molecule has 0 atom stereocenters. The van der Waals surface area contributed by atoms with Crippen LogP contribution in [0.2, 0.25) is 0 Å². The summed E-state index contributed by atoms with van der Waals surface area (Å²) in [5, 5.41) is 10.4. The molecule has 0 unspecified atom stereocenters. The second-order valence-electron chi connectivity index (χ2n) is 9.58. The average Bonchev–Trinajstić information content (AvgIpc) is 2.99. The smallest absolute Gasteiger partial charge is 0.225 e. The molecule has 0 aliphatic heterocycles. The van der Waals surface area contributed by atoms with Gasteiger partial charge in [-0.2, -0.15) is 4.98 Å². The Kier molecular flexibility index (Phi) is 9.62. The van der Waals surface area contributed by atoms with Crippen LogP contribution in [-0.2, 0) is 19.5 Å². The molecule has 0 spiro atoms. The highest BCUT2D eigenvalue weighted by atomic mass is 16.5. The molecular formula is C31H38N6O3. The highest BCUT2D eigenvalue weighted by Crippen LogP contribution is 2.33. The molecule has 9 heteroatoms. The first-order valence-corrected chi connectivity index (χ1v) is 13.4. The van der Waals surface area contributed by atoms with Gasteiger partial charge in [0.05, 0.1) is 38.9 Å². The van der Waals surface area contributed by atoms with Crippen LogP contribution in [0, 0.1) is 0 Å². The molecule has 0 saturated heterocycles. The van der Waals surface area contributed by atoms with Crippen LogP contribution in [0.4, 0.5) is 23.1 Å².